The van der Waals surface area contributed by atoms with Crippen molar-refractivity contribution in [2.24, 2.45) is 0 Å². The second-order valence-corrected chi connectivity index (χ2v) is 7.25. The lowest BCUT2D eigenvalue weighted by molar-refractivity contribution is -0.111. The summed E-state index contributed by atoms with van der Waals surface area (Å²) >= 11 is 1.72. The van der Waals surface area contributed by atoms with Crippen LogP contribution in [-0.2, 0) is 4.79 Å². The Bertz CT molecular complexity index is 915. The van der Waals surface area contributed by atoms with Crippen molar-refractivity contribution in [3.05, 3.63) is 95.6 Å². The smallest absolute Gasteiger partial charge is 0.248 e. The average Bonchev–Trinajstić information content (AvgIpc) is 2.65. The fraction of sp³-hybridized carbons (Fsp3) is 0.0870. The zero-order valence-electron chi connectivity index (χ0n) is 14.9. The second kappa shape index (κ2) is 8.54. The number of rotatable bonds is 5. The Kier molecular flexibility index (Phi) is 5.92. The summed E-state index contributed by atoms with van der Waals surface area (Å²) in [4.78, 5) is 14.4. The summed E-state index contributed by atoms with van der Waals surface area (Å²) in [5.74, 6) is -0.136. The molecule has 0 aromatic heterocycles. The summed E-state index contributed by atoms with van der Waals surface area (Å²) in [7, 11) is 0. The van der Waals surface area contributed by atoms with E-state index >= 15 is 0 Å². The highest BCUT2D eigenvalue weighted by Gasteiger charge is 2.02. The van der Waals surface area contributed by atoms with E-state index in [1.807, 2.05) is 54.6 Å². The second-order valence-electron chi connectivity index (χ2n) is 6.11. The van der Waals surface area contributed by atoms with Gasteiger partial charge in [-0.25, -0.2) is 0 Å². The Balaban J connectivity index is 1.59. The number of amides is 1. The Morgan fingerprint density at radius 1 is 0.846 bits per heavy atom. The van der Waals surface area contributed by atoms with Crippen molar-refractivity contribution >= 4 is 29.4 Å². The molecule has 26 heavy (non-hydrogen) atoms. The van der Waals surface area contributed by atoms with E-state index in [0.29, 0.717) is 0 Å². The molecule has 130 valence electrons. The van der Waals surface area contributed by atoms with Crippen LogP contribution in [0.1, 0.15) is 16.7 Å². The molecule has 0 atom stereocenters. The molecule has 2 nitrogen and oxygen atoms in total. The van der Waals surface area contributed by atoms with Crippen molar-refractivity contribution in [3.8, 4) is 0 Å². The van der Waals surface area contributed by atoms with Crippen molar-refractivity contribution in [3.63, 3.8) is 0 Å². The number of hydrogen-bond acceptors (Lipinski definition) is 2. The molecular weight excluding hydrogens is 338 g/mol. The van der Waals surface area contributed by atoms with E-state index in [1.165, 1.54) is 16.0 Å². The van der Waals surface area contributed by atoms with Gasteiger partial charge in [-0.2, -0.15) is 0 Å². The summed E-state index contributed by atoms with van der Waals surface area (Å²) in [5, 5.41) is 2.88. The molecule has 0 bridgehead atoms. The van der Waals surface area contributed by atoms with Crippen LogP contribution < -0.4 is 5.32 Å². The summed E-state index contributed by atoms with van der Waals surface area (Å²) in [6.45, 7) is 4.24. The minimum Gasteiger partial charge on any atom is -0.323 e. The van der Waals surface area contributed by atoms with Crippen LogP contribution in [0.2, 0.25) is 0 Å². The molecule has 1 amide bonds. The summed E-state index contributed by atoms with van der Waals surface area (Å²) < 4.78 is 0. The lowest BCUT2D eigenvalue weighted by atomic mass is 10.1. The molecule has 1 N–H and O–H groups in total. The van der Waals surface area contributed by atoms with Crippen LogP contribution in [0.3, 0.4) is 0 Å². The molecule has 3 rings (SSSR count). The molecule has 0 heterocycles. The van der Waals surface area contributed by atoms with E-state index in [2.05, 4.69) is 37.4 Å². The Morgan fingerprint density at radius 3 is 2.23 bits per heavy atom. The average molecular weight is 359 g/mol. The van der Waals surface area contributed by atoms with Gasteiger partial charge in [0.25, 0.3) is 0 Å². The van der Waals surface area contributed by atoms with E-state index in [-0.39, 0.29) is 5.91 Å². The van der Waals surface area contributed by atoms with Gasteiger partial charge in [0.2, 0.25) is 5.91 Å². The zero-order chi connectivity index (χ0) is 18.4. The Morgan fingerprint density at radius 2 is 1.54 bits per heavy atom. The summed E-state index contributed by atoms with van der Waals surface area (Å²) in [6.07, 6.45) is 3.35. The SMILES string of the molecule is Cc1ccc(Sc2ccc(NC(=O)/C=C/c3ccccc3)cc2)cc1C. The van der Waals surface area contributed by atoms with E-state index < -0.39 is 0 Å². The van der Waals surface area contributed by atoms with E-state index in [0.717, 1.165) is 16.1 Å². The molecule has 3 aromatic rings. The van der Waals surface area contributed by atoms with Gasteiger partial charge < -0.3 is 5.32 Å². The molecule has 3 heteroatoms. The van der Waals surface area contributed by atoms with Crippen LogP contribution >= 0.6 is 11.8 Å². The van der Waals surface area contributed by atoms with Crippen molar-refractivity contribution in [1.82, 2.24) is 0 Å². The van der Waals surface area contributed by atoms with E-state index in [1.54, 1.807) is 23.9 Å². The van der Waals surface area contributed by atoms with E-state index in [4.69, 9.17) is 0 Å². The van der Waals surface area contributed by atoms with Crippen molar-refractivity contribution < 1.29 is 4.79 Å². The fourth-order valence-electron chi connectivity index (χ4n) is 2.44. The van der Waals surface area contributed by atoms with Gasteiger partial charge in [0.15, 0.2) is 0 Å². The van der Waals surface area contributed by atoms with Crippen LogP contribution in [0.4, 0.5) is 5.69 Å². The predicted molar refractivity (Wildman–Crippen MR) is 111 cm³/mol. The molecule has 0 fully saturated rings. The van der Waals surface area contributed by atoms with Crippen LogP contribution in [0.15, 0.2) is 88.7 Å². The number of carbonyl (C=O) groups excluding carboxylic acids is 1. The molecular formula is C23H21NOS. The monoisotopic (exact) mass is 359 g/mol. The normalized spacial score (nSPS) is 10.8. The quantitative estimate of drug-likeness (QED) is 0.557. The summed E-state index contributed by atoms with van der Waals surface area (Å²) in [5.41, 5.74) is 4.39. The number of nitrogens with one attached hydrogen (secondary N) is 1. The number of aryl methyl sites for hydroxylation is 2. The molecule has 0 aliphatic heterocycles. The maximum absolute atomic E-state index is 12.0. The van der Waals surface area contributed by atoms with Gasteiger partial charge in [-0.3, -0.25) is 4.79 Å². The van der Waals surface area contributed by atoms with Crippen LogP contribution in [-0.4, -0.2) is 5.91 Å². The van der Waals surface area contributed by atoms with Gasteiger partial charge in [0.05, 0.1) is 0 Å². The van der Waals surface area contributed by atoms with Crippen LogP contribution in [0.25, 0.3) is 6.08 Å². The number of benzene rings is 3. The molecule has 0 aliphatic carbocycles. The number of hydrogen-bond donors (Lipinski definition) is 1. The maximum Gasteiger partial charge on any atom is 0.248 e. The number of anilines is 1. The molecule has 0 saturated heterocycles. The third-order valence-electron chi connectivity index (χ3n) is 4.06. The summed E-state index contributed by atoms with van der Waals surface area (Å²) in [6, 6.07) is 24.2. The Hall–Kier alpha value is -2.78. The van der Waals surface area contributed by atoms with Gasteiger partial charge in [-0.05, 0) is 73.0 Å². The molecule has 0 unspecified atom stereocenters. The zero-order valence-corrected chi connectivity index (χ0v) is 15.7. The lowest BCUT2D eigenvalue weighted by Crippen LogP contribution is -2.07. The molecule has 3 aromatic carbocycles. The van der Waals surface area contributed by atoms with Gasteiger partial charge in [-0.1, -0.05) is 48.2 Å². The van der Waals surface area contributed by atoms with Gasteiger partial charge >= 0.3 is 0 Å². The van der Waals surface area contributed by atoms with Crippen LogP contribution in [0, 0.1) is 13.8 Å². The first kappa shape index (κ1) is 18.0. The Labute approximate surface area is 159 Å². The highest BCUT2D eigenvalue weighted by atomic mass is 32.2. The first-order chi connectivity index (χ1) is 12.6. The fourth-order valence-corrected chi connectivity index (χ4v) is 3.36. The molecule has 0 aliphatic rings. The standard InChI is InChI=1S/C23H21NOS/c1-17-8-12-22(16-18(17)2)26-21-13-10-20(11-14-21)24-23(25)15-9-19-6-4-3-5-7-19/h3-16H,1-2H3,(H,24,25)/b15-9+. The first-order valence-corrected chi connectivity index (χ1v) is 9.31. The minimum atomic E-state index is -0.136. The first-order valence-electron chi connectivity index (χ1n) is 8.49. The van der Waals surface area contributed by atoms with Crippen molar-refractivity contribution in [2.45, 2.75) is 23.6 Å². The predicted octanol–water partition coefficient (Wildman–Crippen LogP) is 6.11. The van der Waals surface area contributed by atoms with Gasteiger partial charge in [0, 0.05) is 21.6 Å². The molecule has 0 spiro atoms. The number of carbonyl (C=O) groups is 1. The van der Waals surface area contributed by atoms with Crippen molar-refractivity contribution in [2.75, 3.05) is 5.32 Å². The molecule has 0 saturated carbocycles. The minimum absolute atomic E-state index is 0.136. The van der Waals surface area contributed by atoms with Gasteiger partial charge in [0.1, 0.15) is 0 Å². The third-order valence-corrected chi connectivity index (χ3v) is 5.06. The largest absolute Gasteiger partial charge is 0.323 e. The van der Waals surface area contributed by atoms with E-state index in [9.17, 15) is 4.79 Å². The van der Waals surface area contributed by atoms with Crippen molar-refractivity contribution in [1.29, 1.82) is 0 Å². The highest BCUT2D eigenvalue weighted by molar-refractivity contribution is 7.99. The van der Waals surface area contributed by atoms with Gasteiger partial charge in [-0.15, -0.1) is 0 Å². The lowest BCUT2D eigenvalue weighted by Gasteiger charge is -2.07. The maximum atomic E-state index is 12.0. The third kappa shape index (κ3) is 5.11. The highest BCUT2D eigenvalue weighted by Crippen LogP contribution is 2.29. The van der Waals surface area contributed by atoms with Crippen LogP contribution in [0.5, 0.6) is 0 Å². The topological polar surface area (TPSA) is 29.1 Å². The molecule has 0 radical (unpaired) electrons.